The Labute approximate surface area is 245 Å². The lowest BCUT2D eigenvalue weighted by Crippen LogP contribution is -2.23. The van der Waals surface area contributed by atoms with Crippen LogP contribution in [0.2, 0.25) is 0 Å². The summed E-state index contributed by atoms with van der Waals surface area (Å²) in [5.41, 5.74) is 7.51. The first-order chi connectivity index (χ1) is 20.6. The second kappa shape index (κ2) is 12.3. The smallest absolute Gasteiger partial charge is 0.337 e. The largest absolute Gasteiger partial charge is 0.465 e. The van der Waals surface area contributed by atoms with Crippen molar-refractivity contribution in [1.29, 1.82) is 0 Å². The van der Waals surface area contributed by atoms with Gasteiger partial charge in [-0.2, -0.15) is 0 Å². The molecule has 0 spiro atoms. The van der Waals surface area contributed by atoms with Crippen LogP contribution in [-0.4, -0.2) is 19.0 Å². The highest BCUT2D eigenvalue weighted by atomic mass is 16.5. The number of carbonyl (C=O) groups is 2. The molecule has 4 aromatic carbocycles. The number of esters is 1. The molecule has 1 unspecified atom stereocenters. The fraction of sp³-hybridized carbons (Fsp3) is 0.189. The summed E-state index contributed by atoms with van der Waals surface area (Å²) in [4.78, 5) is 25.7. The molecule has 210 valence electrons. The van der Waals surface area contributed by atoms with E-state index in [1.54, 1.807) is 12.1 Å². The normalized spacial score (nSPS) is 13.8. The lowest BCUT2D eigenvalue weighted by atomic mass is 9.88. The number of fused-ring (bicyclic) bond motifs is 1. The van der Waals surface area contributed by atoms with Crippen molar-refractivity contribution in [2.45, 2.75) is 38.0 Å². The fourth-order valence-corrected chi connectivity index (χ4v) is 5.59. The van der Waals surface area contributed by atoms with E-state index in [1.165, 1.54) is 31.1 Å². The van der Waals surface area contributed by atoms with Gasteiger partial charge in [-0.25, -0.2) is 4.79 Å². The Morgan fingerprint density at radius 3 is 2.29 bits per heavy atom. The predicted molar refractivity (Wildman–Crippen MR) is 167 cm³/mol. The molecule has 0 aliphatic heterocycles. The van der Waals surface area contributed by atoms with Crippen LogP contribution < -0.4 is 5.32 Å². The van der Waals surface area contributed by atoms with Gasteiger partial charge in [0, 0.05) is 16.6 Å². The maximum Gasteiger partial charge on any atom is 0.337 e. The molecule has 1 atom stereocenters. The molecule has 0 saturated heterocycles. The van der Waals surface area contributed by atoms with Gasteiger partial charge in [0.2, 0.25) is 5.91 Å². The summed E-state index contributed by atoms with van der Waals surface area (Å²) in [6, 6.07) is 33.3. The topological polar surface area (TPSA) is 68.5 Å². The fourth-order valence-electron chi connectivity index (χ4n) is 5.59. The summed E-state index contributed by atoms with van der Waals surface area (Å²) in [5, 5.41) is 4.18. The SMILES string of the molecule is COC(=O)c1ccc(CC(C(=O)Nc2ccc(-c3cc4ccccc4o3)cc2)c2ccc(C3=CCCCC3)cc2)cc1. The van der Waals surface area contributed by atoms with E-state index in [2.05, 4.69) is 35.7 Å². The van der Waals surface area contributed by atoms with Gasteiger partial charge in [0.05, 0.1) is 18.6 Å². The summed E-state index contributed by atoms with van der Waals surface area (Å²) >= 11 is 0. The number of amides is 1. The maximum absolute atomic E-state index is 13.8. The molecular formula is C37H33NO4. The van der Waals surface area contributed by atoms with Gasteiger partial charge in [0.15, 0.2) is 0 Å². The molecule has 6 rings (SSSR count). The first-order valence-corrected chi connectivity index (χ1v) is 14.4. The minimum Gasteiger partial charge on any atom is -0.465 e. The first-order valence-electron chi connectivity index (χ1n) is 14.4. The van der Waals surface area contributed by atoms with Crippen LogP contribution in [0.3, 0.4) is 0 Å². The molecule has 0 radical (unpaired) electrons. The Morgan fingerprint density at radius 1 is 0.857 bits per heavy atom. The molecule has 42 heavy (non-hydrogen) atoms. The molecule has 0 saturated carbocycles. The minimum absolute atomic E-state index is 0.0897. The number of anilines is 1. The Bertz CT molecular complexity index is 1690. The van der Waals surface area contributed by atoms with E-state index in [0.717, 1.165) is 51.9 Å². The molecule has 1 aromatic heterocycles. The zero-order chi connectivity index (χ0) is 28.9. The van der Waals surface area contributed by atoms with Crippen LogP contribution in [0.25, 0.3) is 27.9 Å². The second-order valence-electron chi connectivity index (χ2n) is 10.8. The van der Waals surface area contributed by atoms with E-state index in [-0.39, 0.29) is 11.9 Å². The van der Waals surface area contributed by atoms with Gasteiger partial charge < -0.3 is 14.5 Å². The van der Waals surface area contributed by atoms with Gasteiger partial charge in [-0.15, -0.1) is 0 Å². The monoisotopic (exact) mass is 555 g/mol. The molecule has 5 aromatic rings. The number of carbonyl (C=O) groups excluding carboxylic acids is 2. The standard InChI is InChI=1S/C37H33NO4/c1-41-37(40)30-13-11-25(12-14-30)23-33(28-17-15-27(16-18-28)26-7-3-2-4-8-26)36(39)38-32-21-19-29(20-22-32)35-24-31-9-5-6-10-34(31)42-35/h5-7,9-22,24,33H,2-4,8,23H2,1H3,(H,38,39). The highest BCUT2D eigenvalue weighted by Crippen LogP contribution is 2.31. The average Bonchev–Trinajstić information content (AvgIpc) is 3.49. The van der Waals surface area contributed by atoms with Crippen molar-refractivity contribution >= 4 is 34.1 Å². The van der Waals surface area contributed by atoms with Crippen LogP contribution in [0, 0.1) is 0 Å². The lowest BCUT2D eigenvalue weighted by Gasteiger charge is -2.19. The summed E-state index contributed by atoms with van der Waals surface area (Å²) in [5.74, 6) is -0.100. The third-order valence-corrected chi connectivity index (χ3v) is 7.97. The number of rotatable bonds is 8. The zero-order valence-electron chi connectivity index (χ0n) is 23.6. The van der Waals surface area contributed by atoms with Crippen LogP contribution in [0.5, 0.6) is 0 Å². The Balaban J connectivity index is 1.23. The molecule has 1 amide bonds. The quantitative estimate of drug-likeness (QED) is 0.194. The molecule has 1 N–H and O–H groups in total. The number of methoxy groups -OCH3 is 1. The highest BCUT2D eigenvalue weighted by molar-refractivity contribution is 5.96. The Morgan fingerprint density at radius 2 is 1.60 bits per heavy atom. The van der Waals surface area contributed by atoms with Gasteiger partial charge in [0.25, 0.3) is 0 Å². The third-order valence-electron chi connectivity index (χ3n) is 7.97. The Hall–Kier alpha value is -4.90. The van der Waals surface area contributed by atoms with Crippen LogP contribution in [0.15, 0.2) is 114 Å². The van der Waals surface area contributed by atoms with Crippen molar-refractivity contribution in [1.82, 2.24) is 0 Å². The van der Waals surface area contributed by atoms with Crippen LogP contribution in [0.1, 0.15) is 58.6 Å². The number of furan rings is 1. The predicted octanol–water partition coefficient (Wildman–Crippen LogP) is 8.81. The minimum atomic E-state index is -0.418. The molecule has 5 nitrogen and oxygen atoms in total. The van der Waals surface area contributed by atoms with Gasteiger partial charge in [-0.05, 0) is 103 Å². The highest BCUT2D eigenvalue weighted by Gasteiger charge is 2.22. The van der Waals surface area contributed by atoms with Crippen LogP contribution >= 0.6 is 0 Å². The maximum atomic E-state index is 13.8. The summed E-state index contributed by atoms with van der Waals surface area (Å²) in [6.45, 7) is 0. The van der Waals surface area contributed by atoms with Crippen molar-refractivity contribution in [2.24, 2.45) is 0 Å². The third kappa shape index (κ3) is 6.06. The number of allylic oxidation sites excluding steroid dienone is 2. The molecule has 1 aliphatic carbocycles. The molecule has 1 aliphatic rings. The van der Waals surface area contributed by atoms with E-state index in [9.17, 15) is 9.59 Å². The van der Waals surface area contributed by atoms with Gasteiger partial charge in [-0.3, -0.25) is 4.79 Å². The van der Waals surface area contributed by atoms with Crippen molar-refractivity contribution in [3.63, 3.8) is 0 Å². The number of hydrogen-bond acceptors (Lipinski definition) is 4. The van der Waals surface area contributed by atoms with E-state index < -0.39 is 5.92 Å². The van der Waals surface area contributed by atoms with E-state index in [1.807, 2.05) is 66.7 Å². The number of para-hydroxylation sites is 1. The first kappa shape index (κ1) is 27.3. The van der Waals surface area contributed by atoms with Crippen molar-refractivity contribution in [3.05, 3.63) is 131 Å². The van der Waals surface area contributed by atoms with Gasteiger partial charge >= 0.3 is 5.97 Å². The molecule has 1 heterocycles. The van der Waals surface area contributed by atoms with E-state index in [4.69, 9.17) is 9.15 Å². The van der Waals surface area contributed by atoms with Gasteiger partial charge in [0.1, 0.15) is 11.3 Å². The van der Waals surface area contributed by atoms with Crippen LogP contribution in [0.4, 0.5) is 5.69 Å². The van der Waals surface area contributed by atoms with Crippen molar-refractivity contribution in [2.75, 3.05) is 12.4 Å². The Kier molecular flexibility index (Phi) is 8.00. The second-order valence-corrected chi connectivity index (χ2v) is 10.8. The number of nitrogens with one attached hydrogen (secondary N) is 1. The van der Waals surface area contributed by atoms with Crippen LogP contribution in [-0.2, 0) is 16.0 Å². The molecule has 0 fully saturated rings. The number of benzene rings is 4. The molecule has 0 bridgehead atoms. The van der Waals surface area contributed by atoms with E-state index >= 15 is 0 Å². The number of ether oxygens (including phenoxy) is 1. The van der Waals surface area contributed by atoms with Crippen molar-refractivity contribution in [3.8, 4) is 11.3 Å². The summed E-state index contributed by atoms with van der Waals surface area (Å²) in [7, 11) is 1.37. The lowest BCUT2D eigenvalue weighted by molar-refractivity contribution is -0.117. The summed E-state index contributed by atoms with van der Waals surface area (Å²) in [6.07, 6.45) is 7.51. The van der Waals surface area contributed by atoms with Gasteiger partial charge in [-0.1, -0.05) is 60.7 Å². The average molecular weight is 556 g/mol. The molecule has 5 heteroatoms. The molecular weight excluding hydrogens is 522 g/mol. The number of hydrogen-bond donors (Lipinski definition) is 1. The van der Waals surface area contributed by atoms with Crippen molar-refractivity contribution < 1.29 is 18.7 Å². The van der Waals surface area contributed by atoms with E-state index in [0.29, 0.717) is 12.0 Å². The summed E-state index contributed by atoms with van der Waals surface area (Å²) < 4.78 is 10.8. The zero-order valence-corrected chi connectivity index (χ0v) is 23.6.